The Balaban J connectivity index is 2.00. The van der Waals surface area contributed by atoms with Gasteiger partial charge in [-0.1, -0.05) is 12.1 Å². The van der Waals surface area contributed by atoms with Crippen LogP contribution in [0.2, 0.25) is 0 Å². The van der Waals surface area contributed by atoms with Gasteiger partial charge in [0.05, 0.1) is 0 Å². The molecule has 1 aromatic carbocycles. The molecule has 2 aromatic rings. The minimum absolute atomic E-state index is 0.329. The van der Waals surface area contributed by atoms with Gasteiger partial charge in [-0.2, -0.15) is 0 Å². The fourth-order valence-electron chi connectivity index (χ4n) is 1.63. The molecule has 0 fully saturated rings. The van der Waals surface area contributed by atoms with Gasteiger partial charge in [0.1, 0.15) is 17.3 Å². The molecule has 0 radical (unpaired) electrons. The molecule has 1 N–H and O–H groups in total. The van der Waals surface area contributed by atoms with E-state index in [-0.39, 0.29) is 11.7 Å². The van der Waals surface area contributed by atoms with Gasteiger partial charge < -0.3 is 14.6 Å². The second kappa shape index (κ2) is 6.18. The first-order valence-electron chi connectivity index (χ1n) is 6.25. The lowest BCUT2D eigenvalue weighted by Gasteiger charge is -2.16. The Morgan fingerprint density at radius 1 is 1.45 bits per heavy atom. The van der Waals surface area contributed by atoms with Gasteiger partial charge in [0.2, 0.25) is 0 Å². The number of hydrogen-bond donors (Lipinski definition) is 1. The molecule has 6 heteroatoms. The monoisotopic (exact) mass is 278 g/mol. The number of nitrogens with zero attached hydrogens (tertiary/aromatic N) is 1. The Morgan fingerprint density at radius 3 is 2.70 bits per heavy atom. The van der Waals surface area contributed by atoms with Crippen LogP contribution in [0.25, 0.3) is 0 Å². The van der Waals surface area contributed by atoms with Gasteiger partial charge in [-0.3, -0.25) is 4.79 Å². The van der Waals surface area contributed by atoms with Crippen molar-refractivity contribution in [2.75, 3.05) is 5.32 Å². The van der Waals surface area contributed by atoms with Crippen LogP contribution in [0.3, 0.4) is 0 Å². The number of ether oxygens (including phenoxy) is 1. The van der Waals surface area contributed by atoms with E-state index in [0.717, 1.165) is 0 Å². The van der Waals surface area contributed by atoms with Crippen LogP contribution in [0.4, 0.5) is 10.2 Å². The van der Waals surface area contributed by atoms with E-state index in [2.05, 4.69) is 10.5 Å². The zero-order chi connectivity index (χ0) is 14.5. The van der Waals surface area contributed by atoms with Gasteiger partial charge in [0, 0.05) is 6.07 Å². The van der Waals surface area contributed by atoms with E-state index in [4.69, 9.17) is 9.26 Å². The molecular weight excluding hydrogens is 263 g/mol. The summed E-state index contributed by atoms with van der Waals surface area (Å²) in [6.07, 6.45) is -0.211. The van der Waals surface area contributed by atoms with Crippen LogP contribution in [0.15, 0.2) is 34.9 Å². The fourth-order valence-corrected chi connectivity index (χ4v) is 1.63. The van der Waals surface area contributed by atoms with E-state index in [1.54, 1.807) is 13.0 Å². The Morgan fingerprint density at radius 2 is 2.15 bits per heavy atom. The summed E-state index contributed by atoms with van der Waals surface area (Å²) in [5.41, 5.74) is 0. The van der Waals surface area contributed by atoms with Crippen molar-refractivity contribution < 1.29 is 18.4 Å². The second-order valence-corrected chi connectivity index (χ2v) is 4.28. The summed E-state index contributed by atoms with van der Waals surface area (Å²) in [7, 11) is 0. The third kappa shape index (κ3) is 3.57. The molecule has 1 aromatic heterocycles. The smallest absolute Gasteiger partial charge is 0.266 e. The summed E-state index contributed by atoms with van der Waals surface area (Å²) in [5.74, 6) is 0.698. The predicted molar refractivity (Wildman–Crippen MR) is 71.0 cm³/mol. The van der Waals surface area contributed by atoms with Crippen LogP contribution in [0.1, 0.15) is 19.1 Å². The summed E-state index contributed by atoms with van der Waals surface area (Å²) >= 11 is 0. The Bertz CT molecular complexity index is 580. The summed E-state index contributed by atoms with van der Waals surface area (Å²) < 4.78 is 23.2. The van der Waals surface area contributed by atoms with Gasteiger partial charge in [-0.25, -0.2) is 4.39 Å². The molecule has 0 saturated heterocycles. The number of anilines is 1. The third-order valence-corrected chi connectivity index (χ3v) is 2.63. The normalized spacial score (nSPS) is 11.9. The Hall–Kier alpha value is -2.37. The summed E-state index contributed by atoms with van der Waals surface area (Å²) in [5, 5.41) is 6.28. The molecule has 0 aliphatic carbocycles. The van der Waals surface area contributed by atoms with Gasteiger partial charge >= 0.3 is 0 Å². The largest absolute Gasteiger partial charge is 0.481 e. The molecule has 2 rings (SSSR count). The topological polar surface area (TPSA) is 64.4 Å². The molecule has 0 aliphatic heterocycles. The van der Waals surface area contributed by atoms with Crippen molar-refractivity contribution in [2.45, 2.75) is 26.4 Å². The maximum atomic E-state index is 12.8. The molecule has 1 unspecified atom stereocenters. The van der Waals surface area contributed by atoms with Crippen LogP contribution in [-0.2, 0) is 4.79 Å². The molecule has 0 saturated carbocycles. The highest BCUT2D eigenvalue weighted by molar-refractivity contribution is 5.93. The van der Waals surface area contributed by atoms with Crippen molar-refractivity contribution in [3.63, 3.8) is 0 Å². The molecular formula is C14H15FN2O3. The Labute approximate surface area is 115 Å². The summed E-state index contributed by atoms with van der Waals surface area (Å²) in [6, 6.07) is 7.13. The number of carbonyl (C=O) groups is 1. The minimum Gasteiger partial charge on any atom is -0.481 e. The van der Waals surface area contributed by atoms with Crippen LogP contribution in [0, 0.1) is 12.7 Å². The van der Waals surface area contributed by atoms with Crippen molar-refractivity contribution >= 4 is 11.7 Å². The lowest BCUT2D eigenvalue weighted by molar-refractivity contribution is -0.122. The van der Waals surface area contributed by atoms with Crippen molar-refractivity contribution in [1.82, 2.24) is 5.16 Å². The average molecular weight is 278 g/mol. The maximum absolute atomic E-state index is 12.8. The lowest BCUT2D eigenvalue weighted by atomic mass is 10.2. The van der Waals surface area contributed by atoms with Crippen LogP contribution in [-0.4, -0.2) is 17.2 Å². The van der Waals surface area contributed by atoms with Gasteiger partial charge in [-0.05, 0) is 37.6 Å². The zero-order valence-corrected chi connectivity index (χ0v) is 11.2. The van der Waals surface area contributed by atoms with Crippen LogP contribution < -0.4 is 10.1 Å². The average Bonchev–Trinajstić information content (AvgIpc) is 2.83. The van der Waals surface area contributed by atoms with Crippen LogP contribution >= 0.6 is 0 Å². The van der Waals surface area contributed by atoms with E-state index < -0.39 is 6.10 Å². The molecule has 1 heterocycles. The predicted octanol–water partition coefficient (Wildman–Crippen LogP) is 2.92. The van der Waals surface area contributed by atoms with Crippen molar-refractivity contribution in [3.05, 3.63) is 41.9 Å². The number of hydrogen-bond acceptors (Lipinski definition) is 4. The molecule has 106 valence electrons. The third-order valence-electron chi connectivity index (χ3n) is 2.63. The maximum Gasteiger partial charge on any atom is 0.266 e. The number of nitrogens with one attached hydrogen (secondary N) is 1. The zero-order valence-electron chi connectivity index (χ0n) is 11.2. The highest BCUT2D eigenvalue weighted by atomic mass is 19.1. The number of halogens is 1. The molecule has 1 amide bonds. The van der Waals surface area contributed by atoms with Crippen molar-refractivity contribution in [3.8, 4) is 5.75 Å². The number of carbonyl (C=O) groups excluding carboxylic acids is 1. The molecule has 0 spiro atoms. The second-order valence-electron chi connectivity index (χ2n) is 4.28. The summed E-state index contributed by atoms with van der Waals surface area (Å²) in [6.45, 7) is 3.55. The molecule has 0 aliphatic rings. The summed E-state index contributed by atoms with van der Waals surface area (Å²) in [4.78, 5) is 12.0. The molecule has 20 heavy (non-hydrogen) atoms. The van der Waals surface area contributed by atoms with Gasteiger partial charge in [-0.15, -0.1) is 0 Å². The van der Waals surface area contributed by atoms with Gasteiger partial charge in [0.15, 0.2) is 11.9 Å². The minimum atomic E-state index is -0.683. The molecule has 5 nitrogen and oxygen atoms in total. The highest BCUT2D eigenvalue weighted by Crippen LogP contribution is 2.16. The number of benzene rings is 1. The van der Waals surface area contributed by atoms with E-state index in [0.29, 0.717) is 23.7 Å². The molecule has 1 atom stereocenters. The first-order valence-corrected chi connectivity index (χ1v) is 6.25. The van der Waals surface area contributed by atoms with Crippen molar-refractivity contribution in [2.24, 2.45) is 0 Å². The molecule has 0 bridgehead atoms. The van der Waals surface area contributed by atoms with E-state index >= 15 is 0 Å². The lowest BCUT2D eigenvalue weighted by Crippen LogP contribution is -2.32. The van der Waals surface area contributed by atoms with E-state index in [9.17, 15) is 9.18 Å². The fraction of sp³-hybridized carbons (Fsp3) is 0.286. The Kier molecular flexibility index (Phi) is 4.34. The number of aromatic nitrogens is 1. The van der Waals surface area contributed by atoms with Gasteiger partial charge in [0.25, 0.3) is 5.91 Å². The number of aryl methyl sites for hydroxylation is 1. The number of amides is 1. The van der Waals surface area contributed by atoms with E-state index in [1.807, 2.05) is 6.92 Å². The van der Waals surface area contributed by atoms with Crippen LogP contribution in [0.5, 0.6) is 5.75 Å². The SMILES string of the molecule is CCC(Oc1ccc(F)cc1)C(=O)Nc1cc(C)on1. The van der Waals surface area contributed by atoms with E-state index in [1.165, 1.54) is 24.3 Å². The first-order chi connectivity index (χ1) is 9.58. The standard InChI is InChI=1S/C14H15FN2O3/c1-3-12(19-11-6-4-10(15)5-7-11)14(18)16-13-8-9(2)20-17-13/h4-8,12H,3H2,1-2H3,(H,16,17,18). The first kappa shape index (κ1) is 14.0. The quantitative estimate of drug-likeness (QED) is 0.913. The van der Waals surface area contributed by atoms with Crippen molar-refractivity contribution in [1.29, 1.82) is 0 Å². The number of rotatable bonds is 5. The highest BCUT2D eigenvalue weighted by Gasteiger charge is 2.19.